The molecule has 1 aliphatic rings. The van der Waals surface area contributed by atoms with Gasteiger partial charge in [0.25, 0.3) is 5.91 Å². The van der Waals surface area contributed by atoms with Crippen LogP contribution in [0.3, 0.4) is 0 Å². The Morgan fingerprint density at radius 3 is 2.65 bits per heavy atom. The van der Waals surface area contributed by atoms with Crippen LogP contribution in [0.5, 0.6) is 0 Å². The first-order chi connectivity index (χ1) is 11.1. The van der Waals surface area contributed by atoms with Crippen molar-refractivity contribution in [2.45, 2.75) is 32.2 Å². The number of hydrogen-bond acceptors (Lipinski definition) is 2. The largest absolute Gasteiger partial charge is 0.369 e. The smallest absolute Gasteiger partial charge is 0.255 e. The minimum absolute atomic E-state index is 0.0922. The highest BCUT2D eigenvalue weighted by Crippen LogP contribution is 2.26. The molecule has 1 N–H and O–H groups in total. The van der Waals surface area contributed by atoms with E-state index in [1.54, 1.807) is 0 Å². The summed E-state index contributed by atoms with van der Waals surface area (Å²) in [5.74, 6) is -0.0922. The molecule has 1 aliphatic heterocycles. The number of anilines is 2. The quantitative estimate of drug-likeness (QED) is 0.814. The Labute approximate surface area is 145 Å². The summed E-state index contributed by atoms with van der Waals surface area (Å²) in [6.45, 7) is 3.40. The van der Waals surface area contributed by atoms with Gasteiger partial charge in [0.1, 0.15) is 0 Å². The first-order valence-corrected chi connectivity index (χ1v) is 8.86. The van der Waals surface area contributed by atoms with Crippen LogP contribution in [0.2, 0.25) is 0 Å². The molecule has 4 heteroatoms. The van der Waals surface area contributed by atoms with E-state index in [9.17, 15) is 4.79 Å². The van der Waals surface area contributed by atoms with E-state index in [0.717, 1.165) is 16.7 Å². The van der Waals surface area contributed by atoms with E-state index in [4.69, 9.17) is 0 Å². The lowest BCUT2D eigenvalue weighted by Gasteiger charge is -2.35. The first-order valence-electron chi connectivity index (χ1n) is 8.07. The second kappa shape index (κ2) is 7.18. The third kappa shape index (κ3) is 3.94. The summed E-state index contributed by atoms with van der Waals surface area (Å²) < 4.78 is 0.902. The fraction of sp³-hybridized carbons (Fsp3) is 0.316. The minimum Gasteiger partial charge on any atom is -0.369 e. The van der Waals surface area contributed by atoms with Gasteiger partial charge in [-0.1, -0.05) is 22.0 Å². The third-order valence-corrected chi connectivity index (χ3v) is 4.84. The van der Waals surface area contributed by atoms with Crippen LogP contribution in [0, 0.1) is 0 Å². The number of benzene rings is 2. The fourth-order valence-corrected chi connectivity index (χ4v) is 3.45. The maximum atomic E-state index is 12.3. The van der Waals surface area contributed by atoms with E-state index < -0.39 is 0 Å². The summed E-state index contributed by atoms with van der Waals surface area (Å²) in [6.07, 6.45) is 3.82. The van der Waals surface area contributed by atoms with Gasteiger partial charge in [-0.25, -0.2) is 0 Å². The number of amides is 1. The van der Waals surface area contributed by atoms with Crippen LogP contribution in [0.4, 0.5) is 11.4 Å². The van der Waals surface area contributed by atoms with Gasteiger partial charge in [0.15, 0.2) is 0 Å². The number of nitrogens with one attached hydrogen (secondary N) is 1. The second-order valence-electron chi connectivity index (χ2n) is 6.05. The van der Waals surface area contributed by atoms with Crippen LogP contribution in [-0.2, 0) is 0 Å². The van der Waals surface area contributed by atoms with Gasteiger partial charge in [-0.3, -0.25) is 4.79 Å². The van der Waals surface area contributed by atoms with Gasteiger partial charge in [-0.05, 0) is 68.7 Å². The molecule has 0 unspecified atom stereocenters. The van der Waals surface area contributed by atoms with Gasteiger partial charge >= 0.3 is 0 Å². The Kier molecular flexibility index (Phi) is 5.01. The average Bonchev–Trinajstić information content (AvgIpc) is 2.56. The van der Waals surface area contributed by atoms with Crippen molar-refractivity contribution in [3.63, 3.8) is 0 Å². The molecule has 2 aromatic carbocycles. The van der Waals surface area contributed by atoms with E-state index in [1.165, 1.54) is 24.9 Å². The van der Waals surface area contributed by atoms with Crippen molar-refractivity contribution in [3.05, 3.63) is 58.6 Å². The first kappa shape index (κ1) is 16.1. The molecule has 3 nitrogen and oxygen atoms in total. The molecule has 120 valence electrons. The topological polar surface area (TPSA) is 32.3 Å². The van der Waals surface area contributed by atoms with Crippen LogP contribution in [0.25, 0.3) is 0 Å². The summed E-state index contributed by atoms with van der Waals surface area (Å²) in [7, 11) is 0. The number of piperidine rings is 1. The summed E-state index contributed by atoms with van der Waals surface area (Å²) in [5, 5.41) is 2.95. The maximum absolute atomic E-state index is 12.3. The van der Waals surface area contributed by atoms with Crippen LogP contribution < -0.4 is 10.2 Å². The monoisotopic (exact) mass is 372 g/mol. The Balaban J connectivity index is 1.69. The molecule has 0 radical (unpaired) electrons. The summed E-state index contributed by atoms with van der Waals surface area (Å²) in [4.78, 5) is 14.7. The molecule has 23 heavy (non-hydrogen) atoms. The lowest BCUT2D eigenvalue weighted by molar-refractivity contribution is 0.102. The lowest BCUT2D eigenvalue weighted by Crippen LogP contribution is -2.37. The zero-order valence-electron chi connectivity index (χ0n) is 13.3. The molecule has 1 heterocycles. The van der Waals surface area contributed by atoms with Crippen molar-refractivity contribution < 1.29 is 4.79 Å². The highest BCUT2D eigenvalue weighted by molar-refractivity contribution is 9.10. The highest BCUT2D eigenvalue weighted by Gasteiger charge is 2.18. The Bertz CT molecular complexity index is 684. The number of hydrogen-bond donors (Lipinski definition) is 1. The van der Waals surface area contributed by atoms with Crippen molar-refractivity contribution in [1.29, 1.82) is 0 Å². The van der Waals surface area contributed by atoms with Gasteiger partial charge in [0.2, 0.25) is 0 Å². The molecule has 0 bridgehead atoms. The number of carbonyl (C=O) groups is 1. The predicted molar refractivity (Wildman–Crippen MR) is 99.2 cm³/mol. The third-order valence-electron chi connectivity index (χ3n) is 4.35. The van der Waals surface area contributed by atoms with E-state index >= 15 is 0 Å². The zero-order valence-corrected chi connectivity index (χ0v) is 14.8. The predicted octanol–water partition coefficient (Wildman–Crippen LogP) is 5.08. The van der Waals surface area contributed by atoms with Crippen LogP contribution in [0.15, 0.2) is 53.0 Å². The van der Waals surface area contributed by atoms with Crippen molar-refractivity contribution >= 4 is 33.2 Å². The van der Waals surface area contributed by atoms with Crippen LogP contribution >= 0.6 is 15.9 Å². The zero-order chi connectivity index (χ0) is 16.2. The Morgan fingerprint density at radius 2 is 1.96 bits per heavy atom. The molecule has 3 rings (SSSR count). The summed E-state index contributed by atoms with van der Waals surface area (Å²) in [6, 6.07) is 16.1. The van der Waals surface area contributed by atoms with Gasteiger partial charge in [-0.2, -0.15) is 0 Å². The molecule has 2 aromatic rings. The molecule has 0 aromatic heterocycles. The molecule has 0 spiro atoms. The SMILES string of the molecule is C[C@H]1CCCCN1c1ccc(NC(=O)c2cccc(Br)c2)cc1. The second-order valence-corrected chi connectivity index (χ2v) is 6.97. The van der Waals surface area contributed by atoms with Crippen molar-refractivity contribution in [1.82, 2.24) is 0 Å². The van der Waals surface area contributed by atoms with Crippen LogP contribution in [0.1, 0.15) is 36.5 Å². The van der Waals surface area contributed by atoms with Crippen LogP contribution in [-0.4, -0.2) is 18.5 Å². The normalized spacial score (nSPS) is 17.8. The van der Waals surface area contributed by atoms with Crippen molar-refractivity contribution in [2.75, 3.05) is 16.8 Å². The maximum Gasteiger partial charge on any atom is 0.255 e. The standard InChI is InChI=1S/C19H21BrN2O/c1-14-5-2-3-12-22(14)18-10-8-17(9-11-18)21-19(23)15-6-4-7-16(20)13-15/h4,6-11,13-14H,2-3,5,12H2,1H3,(H,21,23)/t14-/m0/s1. The molecule has 0 saturated carbocycles. The summed E-state index contributed by atoms with van der Waals surface area (Å²) in [5.41, 5.74) is 2.70. The molecule has 0 aliphatic carbocycles. The van der Waals surface area contributed by atoms with E-state index in [0.29, 0.717) is 11.6 Å². The van der Waals surface area contributed by atoms with Crippen molar-refractivity contribution in [3.8, 4) is 0 Å². The number of rotatable bonds is 3. The minimum atomic E-state index is -0.0922. The van der Waals surface area contributed by atoms with Crippen molar-refractivity contribution in [2.24, 2.45) is 0 Å². The Morgan fingerprint density at radius 1 is 1.17 bits per heavy atom. The lowest BCUT2D eigenvalue weighted by atomic mass is 10.0. The van der Waals surface area contributed by atoms with Gasteiger partial charge in [0, 0.05) is 34.0 Å². The molecule has 1 saturated heterocycles. The van der Waals surface area contributed by atoms with E-state index in [-0.39, 0.29) is 5.91 Å². The molecular formula is C19H21BrN2O. The van der Waals surface area contributed by atoms with E-state index in [2.05, 4.69) is 45.2 Å². The number of nitrogens with zero attached hydrogens (tertiary/aromatic N) is 1. The fourth-order valence-electron chi connectivity index (χ4n) is 3.05. The average molecular weight is 373 g/mol. The molecule has 1 atom stereocenters. The van der Waals surface area contributed by atoms with E-state index in [1.807, 2.05) is 36.4 Å². The summed E-state index contributed by atoms with van der Waals surface area (Å²) >= 11 is 3.39. The Hall–Kier alpha value is -1.81. The number of halogens is 1. The van der Waals surface area contributed by atoms with Gasteiger partial charge in [-0.15, -0.1) is 0 Å². The van der Waals surface area contributed by atoms with Gasteiger partial charge < -0.3 is 10.2 Å². The van der Waals surface area contributed by atoms with Gasteiger partial charge in [0.05, 0.1) is 0 Å². The molecular weight excluding hydrogens is 352 g/mol. The highest BCUT2D eigenvalue weighted by atomic mass is 79.9. The molecule has 1 amide bonds. The molecule has 1 fully saturated rings. The number of carbonyl (C=O) groups excluding carboxylic acids is 1.